The lowest BCUT2D eigenvalue weighted by molar-refractivity contribution is 0.616. The molecule has 88 heavy (non-hydrogen) atoms. The van der Waals surface area contributed by atoms with Crippen LogP contribution in [0.1, 0.15) is 55.5 Å². The number of benzene rings is 11. The van der Waals surface area contributed by atoms with E-state index in [1.807, 2.05) is 49.3 Å². The normalized spacial score (nSPS) is 14.5. The van der Waals surface area contributed by atoms with Gasteiger partial charge in [0.1, 0.15) is 22.3 Å². The maximum Gasteiger partial charge on any atom is 0.252 e. The molecule has 0 saturated heterocycles. The van der Waals surface area contributed by atoms with Crippen molar-refractivity contribution in [1.82, 2.24) is 0 Å². The first kappa shape index (κ1) is 49.5. The largest absolute Gasteiger partial charge is 0.464 e. The van der Waals surface area contributed by atoms with Gasteiger partial charge in [-0.15, -0.1) is 0 Å². The van der Waals surface area contributed by atoms with Crippen molar-refractivity contribution < 1.29 is 17.7 Å². The van der Waals surface area contributed by atoms with Crippen LogP contribution in [-0.4, -0.2) is 6.71 Å². The fourth-order valence-electron chi connectivity index (χ4n) is 16.0. The minimum Gasteiger partial charge on any atom is -0.464 e. The zero-order valence-corrected chi connectivity index (χ0v) is 49.2. The van der Waals surface area contributed by atoms with Gasteiger partial charge in [0.2, 0.25) is 0 Å². The molecule has 0 N–H and O–H groups in total. The number of para-hydroxylation sites is 4. The molecule has 0 unspecified atom stereocenters. The molecule has 416 valence electrons. The number of hydrogen-bond donors (Lipinski definition) is 0. The second-order valence-electron chi connectivity index (χ2n) is 25.7. The Morgan fingerprint density at radius 2 is 0.636 bits per heavy atom. The monoisotopic (exact) mass is 1130 g/mol. The van der Waals surface area contributed by atoms with Crippen LogP contribution in [-0.2, 0) is 10.8 Å². The smallest absolute Gasteiger partial charge is 0.252 e. The highest BCUT2D eigenvalue weighted by Gasteiger charge is 2.48. The first-order chi connectivity index (χ1) is 43.0. The summed E-state index contributed by atoms with van der Waals surface area (Å²) >= 11 is 0. The van der Waals surface area contributed by atoms with Crippen LogP contribution >= 0.6 is 0 Å². The molecule has 6 nitrogen and oxygen atoms in total. The summed E-state index contributed by atoms with van der Waals surface area (Å²) in [6, 6.07) is 80.9. The summed E-state index contributed by atoms with van der Waals surface area (Å²) in [5.41, 5.74) is 33.2. The average molecular weight is 1130 g/mol. The topological polar surface area (TPSA) is 59.0 Å². The Bertz CT molecular complexity index is 5010. The van der Waals surface area contributed by atoms with Crippen LogP contribution in [0.15, 0.2) is 261 Å². The number of nitrogens with zero attached hydrogens (tertiary/aromatic N) is 2. The molecular weight excluding hydrogens is 1080 g/mol. The standard InChI is InChI=1S/C81H55BN2O4/c1-46-30-73-79-74(31-46)84(52-36-49(63-44-87-77-28-16-10-22-57(63)77)33-50(37-52)64-45-88-78-29-17-11-23-58(64)78)72-41-68-60(54-19-7-13-25-66(54)81(68,4)5)39-70(72)82(79)69-38-59-53-18-6-12-24-65(53)80(2,3)67(59)40-71(69)83(73)51-34-47(61-42-85-75-26-14-8-20-55(61)75)32-48(35-51)62-43-86-76-27-15-9-21-56(62)76/h6-45H,1-5H3. The quantitative estimate of drug-likeness (QED) is 0.155. The Morgan fingerprint density at radius 1 is 0.307 bits per heavy atom. The Hall–Kier alpha value is -10.8. The second kappa shape index (κ2) is 17.7. The molecule has 0 saturated carbocycles. The van der Waals surface area contributed by atoms with Gasteiger partial charge in [-0.2, -0.15) is 0 Å². The molecule has 19 rings (SSSR count). The summed E-state index contributed by atoms with van der Waals surface area (Å²) in [6.45, 7) is 11.7. The number of anilines is 6. The van der Waals surface area contributed by atoms with Crippen LogP contribution in [0, 0.1) is 6.92 Å². The summed E-state index contributed by atoms with van der Waals surface area (Å²) in [7, 11) is 0. The molecule has 2 aliphatic carbocycles. The van der Waals surface area contributed by atoms with Crippen LogP contribution in [0.4, 0.5) is 34.1 Å². The predicted molar refractivity (Wildman–Crippen MR) is 361 cm³/mol. The highest BCUT2D eigenvalue weighted by atomic mass is 16.3. The molecule has 0 spiro atoms. The molecule has 7 heteroatoms. The van der Waals surface area contributed by atoms with Crippen molar-refractivity contribution in [2.75, 3.05) is 9.80 Å². The zero-order valence-electron chi connectivity index (χ0n) is 49.2. The third-order valence-corrected chi connectivity index (χ3v) is 20.1. The van der Waals surface area contributed by atoms with Gasteiger partial charge in [0.15, 0.2) is 0 Å². The van der Waals surface area contributed by atoms with Crippen LogP contribution < -0.4 is 26.2 Å². The zero-order chi connectivity index (χ0) is 58.5. The van der Waals surface area contributed by atoms with Crippen LogP contribution in [0.5, 0.6) is 0 Å². The van der Waals surface area contributed by atoms with Gasteiger partial charge in [0.05, 0.1) is 25.1 Å². The minimum absolute atomic E-state index is 0.179. The van der Waals surface area contributed by atoms with E-state index in [9.17, 15) is 0 Å². The summed E-state index contributed by atoms with van der Waals surface area (Å²) in [5, 5.41) is 4.24. The van der Waals surface area contributed by atoms with E-state index in [1.54, 1.807) is 0 Å². The third kappa shape index (κ3) is 6.79. The lowest BCUT2D eigenvalue weighted by Crippen LogP contribution is -2.61. The van der Waals surface area contributed by atoms with Gasteiger partial charge in [-0.05, 0) is 181 Å². The molecule has 0 amide bonds. The van der Waals surface area contributed by atoms with Gasteiger partial charge < -0.3 is 27.5 Å². The Kier molecular flexibility index (Phi) is 9.95. The fourth-order valence-corrected chi connectivity index (χ4v) is 16.0. The van der Waals surface area contributed by atoms with Gasteiger partial charge in [-0.1, -0.05) is 161 Å². The van der Waals surface area contributed by atoms with Crippen molar-refractivity contribution >= 4 is 101 Å². The molecule has 6 heterocycles. The fraction of sp³-hybridized carbons (Fsp3) is 0.0864. The SMILES string of the molecule is Cc1cc2c3c(c1)N(c1cc(-c4coc5ccccc45)cc(-c4coc5ccccc45)c1)c1cc4c(cc1B3c1cc3c(cc1N2c1cc(-c2coc5ccccc25)cc(-c2coc5ccccc25)c1)C(C)(C)c1ccccc1-3)-c1ccccc1C4(C)C. The van der Waals surface area contributed by atoms with Gasteiger partial charge in [0, 0.05) is 88.8 Å². The molecule has 11 aromatic carbocycles. The number of fused-ring (bicyclic) bond motifs is 14. The van der Waals surface area contributed by atoms with Crippen LogP contribution in [0.3, 0.4) is 0 Å². The molecule has 4 aromatic heterocycles. The van der Waals surface area contributed by atoms with Gasteiger partial charge >= 0.3 is 0 Å². The number of hydrogen-bond acceptors (Lipinski definition) is 6. The first-order valence-corrected chi connectivity index (χ1v) is 30.5. The van der Waals surface area contributed by atoms with Crippen LogP contribution in [0.2, 0.25) is 0 Å². The molecular formula is C81H55BN2O4. The van der Waals surface area contributed by atoms with Crippen molar-refractivity contribution in [3.63, 3.8) is 0 Å². The molecule has 0 radical (unpaired) electrons. The number of rotatable bonds is 6. The Balaban J connectivity index is 0.942. The third-order valence-electron chi connectivity index (χ3n) is 20.1. The minimum atomic E-state index is -0.274. The lowest BCUT2D eigenvalue weighted by atomic mass is 9.33. The van der Waals surface area contributed by atoms with Gasteiger partial charge in [-0.3, -0.25) is 0 Å². The van der Waals surface area contributed by atoms with Gasteiger partial charge in [0.25, 0.3) is 6.71 Å². The van der Waals surface area contributed by atoms with E-state index < -0.39 is 0 Å². The Labute approximate surface area is 509 Å². The van der Waals surface area contributed by atoms with E-state index in [2.05, 4.69) is 239 Å². The maximum absolute atomic E-state index is 6.39. The maximum atomic E-state index is 6.39. The molecule has 15 aromatic rings. The molecule has 4 aliphatic rings. The summed E-state index contributed by atoms with van der Waals surface area (Å²) in [5.74, 6) is 0. The van der Waals surface area contributed by atoms with E-state index in [0.29, 0.717) is 0 Å². The second-order valence-corrected chi connectivity index (χ2v) is 25.7. The van der Waals surface area contributed by atoms with Crippen molar-refractivity contribution in [2.45, 2.75) is 45.4 Å². The van der Waals surface area contributed by atoms with E-state index in [-0.39, 0.29) is 17.5 Å². The van der Waals surface area contributed by atoms with Crippen molar-refractivity contribution in [1.29, 1.82) is 0 Å². The molecule has 0 atom stereocenters. The van der Waals surface area contributed by atoms with E-state index in [4.69, 9.17) is 17.7 Å². The van der Waals surface area contributed by atoms with E-state index >= 15 is 0 Å². The molecule has 0 bridgehead atoms. The summed E-state index contributed by atoms with van der Waals surface area (Å²) in [4.78, 5) is 5.20. The number of furan rings is 4. The van der Waals surface area contributed by atoms with Crippen molar-refractivity contribution in [2.24, 2.45) is 0 Å². The summed E-state index contributed by atoms with van der Waals surface area (Å²) < 4.78 is 25.5. The molecule has 0 fully saturated rings. The lowest BCUT2D eigenvalue weighted by Gasteiger charge is -2.45. The molecule has 2 aliphatic heterocycles. The van der Waals surface area contributed by atoms with Crippen molar-refractivity contribution in [3.05, 3.63) is 271 Å². The van der Waals surface area contributed by atoms with E-state index in [1.165, 1.54) is 60.9 Å². The number of aryl methyl sites for hydroxylation is 1. The summed E-state index contributed by atoms with van der Waals surface area (Å²) in [6.07, 6.45) is 7.71. The Morgan fingerprint density at radius 3 is 1.00 bits per heavy atom. The first-order valence-electron chi connectivity index (χ1n) is 30.5. The average Bonchev–Trinajstić information content (AvgIpc) is 1.06. The van der Waals surface area contributed by atoms with E-state index in [0.717, 1.165) is 128 Å². The highest BCUT2D eigenvalue weighted by Crippen LogP contribution is 2.56. The van der Waals surface area contributed by atoms with Gasteiger partial charge in [-0.25, -0.2) is 0 Å². The predicted octanol–water partition coefficient (Wildman–Crippen LogP) is 20.3. The van der Waals surface area contributed by atoms with Crippen molar-refractivity contribution in [3.8, 4) is 66.8 Å². The highest BCUT2D eigenvalue weighted by molar-refractivity contribution is 7.00. The van der Waals surface area contributed by atoms with Crippen LogP contribution in [0.25, 0.3) is 111 Å².